The van der Waals surface area contributed by atoms with Gasteiger partial charge in [-0.3, -0.25) is 4.79 Å². The third-order valence-corrected chi connectivity index (χ3v) is 5.00. The van der Waals surface area contributed by atoms with Crippen molar-refractivity contribution in [2.45, 2.75) is 20.8 Å². The minimum absolute atomic E-state index is 0. The van der Waals surface area contributed by atoms with Crippen LogP contribution in [-0.4, -0.2) is 5.52 Å². The second-order valence-corrected chi connectivity index (χ2v) is 6.26. The molecule has 2 aromatic carbocycles. The Morgan fingerprint density at radius 1 is 0.950 bits per heavy atom. The van der Waals surface area contributed by atoms with Gasteiger partial charge in [-0.25, -0.2) is 0 Å². The minimum atomic E-state index is 0. The van der Waals surface area contributed by atoms with E-state index in [1.54, 1.807) is 6.07 Å². The fraction of sp³-hybridized carbons (Fsp3) is 0.188. The average Bonchev–Trinajstić information content (AvgIpc) is 2.34. The quantitative estimate of drug-likeness (QED) is 0.618. The third kappa shape index (κ3) is 3.75. The Morgan fingerprint density at radius 3 is 2.00 bits per heavy atom. The first-order valence-corrected chi connectivity index (χ1v) is 7.51. The predicted octanol–water partition coefficient (Wildman–Crippen LogP) is 1.41. The van der Waals surface area contributed by atoms with Gasteiger partial charge in [0.05, 0.1) is 5.02 Å². The van der Waals surface area contributed by atoms with Gasteiger partial charge in [0, 0.05) is 5.56 Å². The number of carbonyl (C=O) groups excluding carboxylic acids is 1. The van der Waals surface area contributed by atoms with Crippen molar-refractivity contribution in [3.05, 3.63) is 63.7 Å². The van der Waals surface area contributed by atoms with Gasteiger partial charge in [-0.2, -0.15) is 0 Å². The summed E-state index contributed by atoms with van der Waals surface area (Å²) in [6.07, 6.45) is 0. The second-order valence-electron chi connectivity index (χ2n) is 4.65. The number of halogens is 1. The van der Waals surface area contributed by atoms with E-state index >= 15 is 0 Å². The maximum atomic E-state index is 12.5. The first kappa shape index (κ1) is 17.5. The number of benzene rings is 2. The largest absolute Gasteiger partial charge is 1.00 e. The molecule has 98 valence electrons. The van der Waals surface area contributed by atoms with E-state index in [4.69, 9.17) is 11.6 Å². The Hall–Kier alpha value is -0.573. The molecule has 2 aromatic rings. The molecule has 1 atom stereocenters. The topological polar surface area (TPSA) is 17.1 Å². The molecule has 0 aliphatic heterocycles. The molecule has 0 saturated heterocycles. The Kier molecular flexibility index (Phi) is 6.50. The Labute approximate surface area is 139 Å². The van der Waals surface area contributed by atoms with Crippen LogP contribution in [0.4, 0.5) is 0 Å². The molecule has 2 rings (SSSR count). The van der Waals surface area contributed by atoms with Gasteiger partial charge < -0.3 is 0 Å². The van der Waals surface area contributed by atoms with Crippen molar-refractivity contribution in [2.75, 3.05) is 0 Å². The number of carbonyl (C=O) groups is 1. The molecular formula is C16H16ClLiOP+. The summed E-state index contributed by atoms with van der Waals surface area (Å²) in [5.41, 5.74) is 4.04. The monoisotopic (exact) mass is 297 g/mol. The second kappa shape index (κ2) is 7.44. The van der Waals surface area contributed by atoms with Crippen LogP contribution in [0.5, 0.6) is 0 Å². The van der Waals surface area contributed by atoms with Crippen molar-refractivity contribution in [1.82, 2.24) is 0 Å². The Morgan fingerprint density at radius 2 is 1.45 bits per heavy atom. The van der Waals surface area contributed by atoms with Gasteiger partial charge in [0.25, 0.3) is 0 Å². The summed E-state index contributed by atoms with van der Waals surface area (Å²) in [6.45, 7) is 6.01. The molecule has 1 unspecified atom stereocenters. The fourth-order valence-corrected chi connectivity index (χ4v) is 3.74. The van der Waals surface area contributed by atoms with Crippen LogP contribution in [0, 0.1) is 20.8 Å². The zero-order valence-electron chi connectivity index (χ0n) is 12.3. The summed E-state index contributed by atoms with van der Waals surface area (Å²) in [5, 5.41) is 1.68. The van der Waals surface area contributed by atoms with Crippen molar-refractivity contribution < 1.29 is 23.7 Å². The molecule has 0 fully saturated rings. The summed E-state index contributed by atoms with van der Waals surface area (Å²) >= 11 is 6.15. The molecule has 0 bridgehead atoms. The van der Waals surface area contributed by atoms with Crippen LogP contribution in [0.1, 0.15) is 27.0 Å². The van der Waals surface area contributed by atoms with Crippen LogP contribution >= 0.6 is 20.2 Å². The van der Waals surface area contributed by atoms with Gasteiger partial charge in [-0.1, -0.05) is 41.9 Å². The zero-order valence-corrected chi connectivity index (χ0v) is 14.0. The van der Waals surface area contributed by atoms with E-state index in [0.29, 0.717) is 10.6 Å². The first-order valence-electron chi connectivity index (χ1n) is 6.13. The van der Waals surface area contributed by atoms with Gasteiger partial charge in [0.2, 0.25) is 0 Å². The van der Waals surface area contributed by atoms with Crippen molar-refractivity contribution in [3.63, 3.8) is 0 Å². The Balaban J connectivity index is 0.00000200. The summed E-state index contributed by atoms with van der Waals surface area (Å²) in [6, 6.07) is 11.7. The molecule has 0 aromatic heterocycles. The summed E-state index contributed by atoms with van der Waals surface area (Å²) < 4.78 is 0. The summed E-state index contributed by atoms with van der Waals surface area (Å²) in [4.78, 5) is 12.5. The summed E-state index contributed by atoms with van der Waals surface area (Å²) in [5.74, 6) is 0. The predicted molar refractivity (Wildman–Crippen MR) is 84.4 cm³/mol. The molecule has 0 N–H and O–H groups in total. The SMILES string of the molecule is Cc1cccc(C)c1PC(=O)c1c(C)cccc1Cl.[Li+]. The first-order chi connectivity index (χ1) is 9.00. The molecule has 0 aliphatic carbocycles. The van der Waals surface area contributed by atoms with E-state index in [-0.39, 0.29) is 33.0 Å². The number of rotatable bonds is 3. The molecule has 0 heterocycles. The maximum absolute atomic E-state index is 12.5. The smallest absolute Gasteiger partial charge is 0.289 e. The molecule has 0 spiro atoms. The molecule has 0 radical (unpaired) electrons. The van der Waals surface area contributed by atoms with Crippen LogP contribution in [0.2, 0.25) is 5.02 Å². The molecule has 0 saturated carbocycles. The van der Waals surface area contributed by atoms with E-state index in [9.17, 15) is 4.79 Å². The van der Waals surface area contributed by atoms with Gasteiger partial charge in [-0.05, 0) is 57.4 Å². The molecular weight excluding hydrogens is 282 g/mol. The standard InChI is InChI=1S/C16H16ClOP.Li/c1-10-6-5-9-13(17)14(10)16(18)19-15-11(2)7-4-8-12(15)3;/h4-9,19H,1-3H3;/q;+1. The van der Waals surface area contributed by atoms with Crippen LogP contribution < -0.4 is 24.2 Å². The molecule has 0 aliphatic rings. The van der Waals surface area contributed by atoms with Crippen molar-refractivity contribution >= 4 is 31.0 Å². The van der Waals surface area contributed by atoms with Gasteiger partial charge >= 0.3 is 18.9 Å². The van der Waals surface area contributed by atoms with E-state index in [1.165, 1.54) is 0 Å². The third-order valence-electron chi connectivity index (χ3n) is 3.17. The van der Waals surface area contributed by atoms with Crippen molar-refractivity contribution in [2.24, 2.45) is 0 Å². The van der Waals surface area contributed by atoms with Crippen molar-refractivity contribution in [1.29, 1.82) is 0 Å². The number of hydrogen-bond acceptors (Lipinski definition) is 1. The van der Waals surface area contributed by atoms with Crippen LogP contribution in [0.15, 0.2) is 36.4 Å². The van der Waals surface area contributed by atoms with Gasteiger partial charge in [0.1, 0.15) is 0 Å². The van der Waals surface area contributed by atoms with Gasteiger partial charge in [-0.15, -0.1) is 0 Å². The van der Waals surface area contributed by atoms with E-state index < -0.39 is 0 Å². The van der Waals surface area contributed by atoms with E-state index in [0.717, 1.165) is 22.0 Å². The maximum Gasteiger partial charge on any atom is 1.00 e. The molecule has 4 heteroatoms. The Bertz CT molecular complexity index is 600. The van der Waals surface area contributed by atoms with Crippen LogP contribution in [0.25, 0.3) is 0 Å². The molecule has 0 amide bonds. The molecule has 1 nitrogen and oxygen atoms in total. The summed E-state index contributed by atoms with van der Waals surface area (Å²) in [7, 11) is 0.123. The van der Waals surface area contributed by atoms with Gasteiger partial charge in [0.15, 0.2) is 5.52 Å². The average molecular weight is 298 g/mol. The minimum Gasteiger partial charge on any atom is -0.289 e. The normalized spacial score (nSPS) is 10.6. The van der Waals surface area contributed by atoms with Crippen LogP contribution in [0.3, 0.4) is 0 Å². The molecule has 20 heavy (non-hydrogen) atoms. The fourth-order valence-electron chi connectivity index (χ4n) is 2.11. The van der Waals surface area contributed by atoms with E-state index in [1.807, 2.05) is 51.1 Å². The number of aryl methyl sites for hydroxylation is 3. The number of hydrogen-bond donors (Lipinski definition) is 0. The van der Waals surface area contributed by atoms with Crippen molar-refractivity contribution in [3.8, 4) is 0 Å². The zero-order chi connectivity index (χ0) is 14.0. The van der Waals surface area contributed by atoms with E-state index in [2.05, 4.69) is 0 Å². The van der Waals surface area contributed by atoms with Crippen LogP contribution in [-0.2, 0) is 0 Å².